The van der Waals surface area contributed by atoms with Crippen LogP contribution in [0.3, 0.4) is 0 Å². The van der Waals surface area contributed by atoms with E-state index in [0.29, 0.717) is 11.1 Å². The van der Waals surface area contributed by atoms with E-state index in [9.17, 15) is 33.5 Å². The van der Waals surface area contributed by atoms with Gasteiger partial charge in [-0.05, 0) is 6.42 Å². The maximum Gasteiger partial charge on any atom is 0.403 e. The topological polar surface area (TPSA) is 154 Å². The molecule has 0 aliphatic rings. The van der Waals surface area contributed by atoms with E-state index < -0.39 is 26.0 Å². The summed E-state index contributed by atoms with van der Waals surface area (Å²) in [6.07, 6.45) is 0.0361. The third kappa shape index (κ3) is 10.3. The Bertz CT molecular complexity index is 526. The van der Waals surface area contributed by atoms with Crippen LogP contribution in [-0.4, -0.2) is 68.7 Å². The normalized spacial score (nSPS) is 11.1. The summed E-state index contributed by atoms with van der Waals surface area (Å²) >= 11 is 2.92. The SMILES string of the molecule is CCCC(=O)N(C=O)OC(=O)CCN(CCNC(=O)CBr)P(=O)(O)O. The first-order valence-corrected chi connectivity index (χ1v) is 9.96. The van der Waals surface area contributed by atoms with Crippen molar-refractivity contribution in [2.45, 2.75) is 26.2 Å². The van der Waals surface area contributed by atoms with Crippen LogP contribution in [0.1, 0.15) is 26.2 Å². The molecule has 0 bridgehead atoms. The lowest BCUT2D eigenvalue weighted by Gasteiger charge is -2.23. The summed E-state index contributed by atoms with van der Waals surface area (Å²) in [6, 6.07) is 0. The monoisotopic (exact) mass is 445 g/mol. The largest absolute Gasteiger partial charge is 0.403 e. The Morgan fingerprint density at radius 1 is 1.24 bits per heavy atom. The first-order chi connectivity index (χ1) is 11.6. The van der Waals surface area contributed by atoms with Crippen LogP contribution in [0.2, 0.25) is 0 Å². The molecule has 0 aromatic carbocycles. The highest BCUT2D eigenvalue weighted by atomic mass is 79.9. The first-order valence-electron chi connectivity index (χ1n) is 7.27. The molecule has 0 rings (SSSR count). The van der Waals surface area contributed by atoms with E-state index in [0.717, 1.165) is 0 Å². The third-order valence-electron chi connectivity index (χ3n) is 2.76. The van der Waals surface area contributed by atoms with Crippen LogP contribution in [0.4, 0.5) is 0 Å². The zero-order valence-electron chi connectivity index (χ0n) is 13.6. The number of halogens is 1. The Morgan fingerprint density at radius 3 is 2.36 bits per heavy atom. The molecule has 0 aromatic rings. The van der Waals surface area contributed by atoms with Crippen LogP contribution < -0.4 is 5.32 Å². The fraction of sp³-hybridized carbons (Fsp3) is 0.667. The predicted molar refractivity (Wildman–Crippen MR) is 88.9 cm³/mol. The highest BCUT2D eigenvalue weighted by Crippen LogP contribution is 2.39. The van der Waals surface area contributed by atoms with E-state index in [1.165, 1.54) is 0 Å². The summed E-state index contributed by atoms with van der Waals surface area (Å²) in [5, 5.41) is 2.70. The van der Waals surface area contributed by atoms with Gasteiger partial charge in [-0.1, -0.05) is 22.9 Å². The molecule has 13 heteroatoms. The van der Waals surface area contributed by atoms with Gasteiger partial charge in [-0.25, -0.2) is 14.0 Å². The molecule has 0 saturated heterocycles. The summed E-state index contributed by atoms with van der Waals surface area (Å²) < 4.78 is 12.1. The van der Waals surface area contributed by atoms with Crippen molar-refractivity contribution in [1.82, 2.24) is 15.1 Å². The first kappa shape index (κ1) is 23.7. The number of alkyl halides is 1. The minimum absolute atomic E-state index is 0.00783. The molecule has 144 valence electrons. The summed E-state index contributed by atoms with van der Waals surface area (Å²) in [7, 11) is -4.66. The van der Waals surface area contributed by atoms with Gasteiger partial charge in [0.2, 0.25) is 5.91 Å². The van der Waals surface area contributed by atoms with Crippen molar-refractivity contribution in [2.75, 3.05) is 25.0 Å². The van der Waals surface area contributed by atoms with Crippen molar-refractivity contribution in [2.24, 2.45) is 0 Å². The molecule has 25 heavy (non-hydrogen) atoms. The highest BCUT2D eigenvalue weighted by Gasteiger charge is 2.26. The molecular formula is C12H21BrN3O8P. The minimum Gasteiger partial charge on any atom is -0.354 e. The zero-order valence-corrected chi connectivity index (χ0v) is 16.1. The van der Waals surface area contributed by atoms with Crippen LogP contribution in [-0.2, 0) is 28.6 Å². The van der Waals surface area contributed by atoms with Crippen LogP contribution in [0, 0.1) is 0 Å². The number of nitrogens with one attached hydrogen (secondary N) is 1. The van der Waals surface area contributed by atoms with Crippen LogP contribution in [0.5, 0.6) is 0 Å². The van der Waals surface area contributed by atoms with Crippen LogP contribution >= 0.6 is 23.7 Å². The summed E-state index contributed by atoms with van der Waals surface area (Å²) in [5.74, 6) is -2.06. The Balaban J connectivity index is 4.54. The minimum atomic E-state index is -4.66. The summed E-state index contributed by atoms with van der Waals surface area (Å²) in [5.41, 5.74) is 0. The van der Waals surface area contributed by atoms with E-state index in [1.807, 2.05) is 0 Å². The Morgan fingerprint density at radius 2 is 1.88 bits per heavy atom. The van der Waals surface area contributed by atoms with E-state index in [1.54, 1.807) is 6.92 Å². The molecule has 3 N–H and O–H groups in total. The number of carbonyl (C=O) groups excluding carboxylic acids is 4. The smallest absolute Gasteiger partial charge is 0.354 e. The Hall–Kier alpha value is -1.33. The highest BCUT2D eigenvalue weighted by molar-refractivity contribution is 9.09. The second kappa shape index (κ2) is 12.1. The zero-order chi connectivity index (χ0) is 19.5. The molecule has 0 fully saturated rings. The molecule has 0 heterocycles. The fourth-order valence-electron chi connectivity index (χ4n) is 1.57. The lowest BCUT2D eigenvalue weighted by molar-refractivity contribution is -0.196. The van der Waals surface area contributed by atoms with Gasteiger partial charge >= 0.3 is 13.7 Å². The number of hydrogen-bond donors (Lipinski definition) is 3. The van der Waals surface area contributed by atoms with Crippen LogP contribution in [0.15, 0.2) is 0 Å². The molecule has 3 amide bonds. The number of amides is 3. The third-order valence-corrected chi connectivity index (χ3v) is 4.41. The number of nitrogens with zero attached hydrogens (tertiary/aromatic N) is 2. The van der Waals surface area contributed by atoms with Crippen molar-refractivity contribution in [3.05, 3.63) is 0 Å². The van der Waals surface area contributed by atoms with Gasteiger partial charge in [-0.15, -0.1) is 5.06 Å². The predicted octanol–water partition coefficient (Wildman–Crippen LogP) is -0.474. The van der Waals surface area contributed by atoms with Crippen molar-refractivity contribution in [3.63, 3.8) is 0 Å². The molecule has 0 unspecified atom stereocenters. The Labute approximate surface area is 153 Å². The van der Waals surface area contributed by atoms with Crippen molar-refractivity contribution in [3.8, 4) is 0 Å². The molecule has 0 aromatic heterocycles. The lowest BCUT2D eigenvalue weighted by Crippen LogP contribution is -2.36. The summed E-state index contributed by atoms with van der Waals surface area (Å²) in [4.78, 5) is 68.0. The second-order valence-corrected chi connectivity index (χ2v) is 6.89. The maximum atomic E-state index is 11.7. The van der Waals surface area contributed by atoms with Gasteiger partial charge in [-0.3, -0.25) is 14.4 Å². The van der Waals surface area contributed by atoms with Gasteiger partial charge in [0.1, 0.15) is 0 Å². The second-order valence-electron chi connectivity index (χ2n) is 4.74. The quantitative estimate of drug-likeness (QED) is 0.165. The van der Waals surface area contributed by atoms with E-state index >= 15 is 0 Å². The average molecular weight is 446 g/mol. The molecule has 0 atom stereocenters. The van der Waals surface area contributed by atoms with E-state index in [4.69, 9.17) is 0 Å². The molecule has 0 aliphatic carbocycles. The Kier molecular flexibility index (Phi) is 11.4. The number of carbonyl (C=O) groups is 4. The average Bonchev–Trinajstić information content (AvgIpc) is 2.54. The van der Waals surface area contributed by atoms with Gasteiger partial charge in [-0.2, -0.15) is 0 Å². The lowest BCUT2D eigenvalue weighted by atomic mass is 10.3. The molecule has 0 aliphatic heterocycles. The fourth-order valence-corrected chi connectivity index (χ4v) is 2.49. The number of hydroxylamine groups is 2. The van der Waals surface area contributed by atoms with Crippen molar-refractivity contribution >= 4 is 47.9 Å². The van der Waals surface area contributed by atoms with E-state index in [2.05, 4.69) is 26.1 Å². The van der Waals surface area contributed by atoms with Gasteiger partial charge < -0.3 is 19.9 Å². The van der Waals surface area contributed by atoms with Crippen molar-refractivity contribution in [1.29, 1.82) is 0 Å². The number of rotatable bonds is 11. The van der Waals surface area contributed by atoms with Crippen LogP contribution in [0.25, 0.3) is 0 Å². The van der Waals surface area contributed by atoms with Gasteiger partial charge in [0, 0.05) is 26.1 Å². The van der Waals surface area contributed by atoms with Gasteiger partial charge in [0.05, 0.1) is 11.8 Å². The molecular weight excluding hydrogens is 425 g/mol. The number of imide groups is 1. The molecule has 11 nitrogen and oxygen atoms in total. The molecule has 0 spiro atoms. The van der Waals surface area contributed by atoms with Gasteiger partial charge in [0.15, 0.2) is 0 Å². The molecule has 0 radical (unpaired) electrons. The summed E-state index contributed by atoms with van der Waals surface area (Å²) in [6.45, 7) is 1.07. The maximum absolute atomic E-state index is 11.7. The van der Waals surface area contributed by atoms with E-state index in [-0.39, 0.29) is 48.8 Å². The van der Waals surface area contributed by atoms with Gasteiger partial charge in [0.25, 0.3) is 12.3 Å². The number of hydrogen-bond acceptors (Lipinski definition) is 6. The molecule has 0 saturated carbocycles. The van der Waals surface area contributed by atoms with Crippen molar-refractivity contribution < 1.29 is 38.4 Å². The standard InChI is InChI=1S/C12H21BrN3O8P/c1-2-3-11(19)16(9-17)24-12(20)4-6-15(25(21,22)23)7-5-14-10(18)8-13/h9H,2-8H2,1H3,(H,14,18)(H2,21,22,23).